The molecular weight excluding hydrogens is 260 g/mol. The van der Waals surface area contributed by atoms with Gasteiger partial charge in [-0.3, -0.25) is 14.4 Å². The van der Waals surface area contributed by atoms with Crippen molar-refractivity contribution in [3.8, 4) is 0 Å². The summed E-state index contributed by atoms with van der Waals surface area (Å²) in [6, 6.07) is 6.48. The van der Waals surface area contributed by atoms with E-state index in [4.69, 9.17) is 9.84 Å². The summed E-state index contributed by atoms with van der Waals surface area (Å²) in [5, 5.41) is 8.51. The van der Waals surface area contributed by atoms with E-state index in [0.29, 0.717) is 5.56 Å². The Hall–Kier alpha value is -2.43. The summed E-state index contributed by atoms with van der Waals surface area (Å²) in [4.78, 5) is 33.4. The predicted molar refractivity (Wildman–Crippen MR) is 72.5 cm³/mol. The van der Waals surface area contributed by atoms with Gasteiger partial charge in [0.05, 0.1) is 12.8 Å². The van der Waals surface area contributed by atoms with E-state index in [1.165, 1.54) is 6.08 Å². The van der Waals surface area contributed by atoms with Crippen molar-refractivity contribution >= 4 is 17.7 Å². The molecule has 0 saturated carbocycles. The minimum atomic E-state index is -1.00. The number of ketones is 1. The minimum absolute atomic E-state index is 0.0317. The summed E-state index contributed by atoms with van der Waals surface area (Å²) >= 11 is 0. The molecule has 1 N–H and O–H groups in total. The van der Waals surface area contributed by atoms with Crippen LogP contribution in [-0.2, 0) is 20.7 Å². The van der Waals surface area contributed by atoms with Crippen LogP contribution in [0.2, 0.25) is 0 Å². The van der Waals surface area contributed by atoms with Crippen LogP contribution in [0, 0.1) is 0 Å². The third kappa shape index (κ3) is 5.48. The number of Topliss-reactive ketones (excluding diaryl/α,β-unsaturated/α-hetero) is 1. The molecule has 1 aromatic rings. The monoisotopic (exact) mass is 276 g/mol. The smallest absolute Gasteiger partial charge is 0.310 e. The summed E-state index contributed by atoms with van der Waals surface area (Å²) < 4.78 is 4.85. The summed E-state index contributed by atoms with van der Waals surface area (Å²) in [5.74, 6) is -1.59. The van der Waals surface area contributed by atoms with Crippen molar-refractivity contribution in [2.75, 3.05) is 6.61 Å². The number of carbonyl (C=O) groups excluding carboxylic acids is 2. The van der Waals surface area contributed by atoms with Gasteiger partial charge in [-0.2, -0.15) is 0 Å². The summed E-state index contributed by atoms with van der Waals surface area (Å²) in [6.07, 6.45) is 1.39. The fourth-order valence-corrected chi connectivity index (χ4v) is 1.54. The van der Waals surface area contributed by atoms with E-state index in [2.05, 4.69) is 6.58 Å². The molecule has 0 atom stereocenters. The standard InChI is InChI=1S/C15H16O5/c1-2-9-20-15(19)10-11-3-5-12(6-4-11)13(16)7-8-14(17)18/h2-6H,1,7-10H2,(H,17,18). The Bertz CT molecular complexity index is 502. The molecule has 5 heteroatoms. The van der Waals surface area contributed by atoms with Gasteiger partial charge in [-0.25, -0.2) is 0 Å². The number of aliphatic carboxylic acids is 1. The minimum Gasteiger partial charge on any atom is -0.481 e. The Morgan fingerprint density at radius 2 is 1.80 bits per heavy atom. The molecule has 106 valence electrons. The first-order valence-corrected chi connectivity index (χ1v) is 6.13. The van der Waals surface area contributed by atoms with Gasteiger partial charge >= 0.3 is 11.9 Å². The first-order chi connectivity index (χ1) is 9.52. The van der Waals surface area contributed by atoms with Crippen molar-refractivity contribution in [1.82, 2.24) is 0 Å². The van der Waals surface area contributed by atoms with Crippen LogP contribution in [0.1, 0.15) is 28.8 Å². The Labute approximate surface area is 116 Å². The number of carboxylic acid groups (broad SMARTS) is 1. The van der Waals surface area contributed by atoms with Crippen LogP contribution in [0.4, 0.5) is 0 Å². The fourth-order valence-electron chi connectivity index (χ4n) is 1.54. The van der Waals surface area contributed by atoms with Crippen molar-refractivity contribution in [1.29, 1.82) is 0 Å². The molecule has 0 aromatic heterocycles. The maximum Gasteiger partial charge on any atom is 0.310 e. The number of carboxylic acids is 1. The van der Waals surface area contributed by atoms with Gasteiger partial charge < -0.3 is 9.84 Å². The maximum atomic E-state index is 11.7. The average Bonchev–Trinajstić information content (AvgIpc) is 2.43. The molecule has 0 heterocycles. The highest BCUT2D eigenvalue weighted by Crippen LogP contribution is 2.09. The summed E-state index contributed by atoms with van der Waals surface area (Å²) in [7, 11) is 0. The lowest BCUT2D eigenvalue weighted by molar-refractivity contribution is -0.141. The lowest BCUT2D eigenvalue weighted by Gasteiger charge is -2.04. The highest BCUT2D eigenvalue weighted by atomic mass is 16.5. The number of ether oxygens (including phenoxy) is 1. The highest BCUT2D eigenvalue weighted by Gasteiger charge is 2.09. The van der Waals surface area contributed by atoms with Crippen LogP contribution in [0.3, 0.4) is 0 Å². The van der Waals surface area contributed by atoms with E-state index in [-0.39, 0.29) is 37.6 Å². The number of benzene rings is 1. The molecule has 0 aliphatic carbocycles. The summed E-state index contributed by atoms with van der Waals surface area (Å²) in [6.45, 7) is 3.62. The molecule has 1 aromatic carbocycles. The van der Waals surface area contributed by atoms with Crippen LogP contribution < -0.4 is 0 Å². The first kappa shape index (κ1) is 15.6. The number of rotatable bonds is 8. The molecule has 0 bridgehead atoms. The zero-order chi connectivity index (χ0) is 15.0. The lowest BCUT2D eigenvalue weighted by atomic mass is 10.0. The van der Waals surface area contributed by atoms with E-state index in [0.717, 1.165) is 5.56 Å². The van der Waals surface area contributed by atoms with Crippen LogP contribution in [0.25, 0.3) is 0 Å². The Kier molecular flexibility index (Phi) is 6.16. The van der Waals surface area contributed by atoms with Gasteiger partial charge in [0.2, 0.25) is 0 Å². The van der Waals surface area contributed by atoms with Gasteiger partial charge in [0.15, 0.2) is 5.78 Å². The molecule has 0 unspecified atom stereocenters. The quantitative estimate of drug-likeness (QED) is 0.446. The zero-order valence-electron chi connectivity index (χ0n) is 11.0. The predicted octanol–water partition coefficient (Wildman–Crippen LogP) is 2.01. The Morgan fingerprint density at radius 1 is 1.15 bits per heavy atom. The van der Waals surface area contributed by atoms with E-state index in [1.54, 1.807) is 24.3 Å². The number of hydrogen-bond donors (Lipinski definition) is 1. The molecule has 1 rings (SSSR count). The summed E-state index contributed by atoms with van der Waals surface area (Å²) in [5.41, 5.74) is 1.17. The van der Waals surface area contributed by atoms with Crippen molar-refractivity contribution < 1.29 is 24.2 Å². The number of esters is 1. The third-order valence-corrected chi connectivity index (χ3v) is 2.55. The second kappa shape index (κ2) is 7.89. The molecule has 0 radical (unpaired) electrons. The molecule has 5 nitrogen and oxygen atoms in total. The number of hydrogen-bond acceptors (Lipinski definition) is 4. The van der Waals surface area contributed by atoms with Gasteiger partial charge in [-0.15, -0.1) is 0 Å². The average molecular weight is 276 g/mol. The third-order valence-electron chi connectivity index (χ3n) is 2.55. The van der Waals surface area contributed by atoms with Crippen molar-refractivity contribution in [2.45, 2.75) is 19.3 Å². The van der Waals surface area contributed by atoms with Gasteiger partial charge in [-0.1, -0.05) is 36.9 Å². The normalized spacial score (nSPS) is 9.80. The molecular formula is C15H16O5. The van der Waals surface area contributed by atoms with Crippen LogP contribution in [0.15, 0.2) is 36.9 Å². The molecule has 0 amide bonds. The number of carbonyl (C=O) groups is 3. The largest absolute Gasteiger partial charge is 0.481 e. The maximum absolute atomic E-state index is 11.7. The molecule has 20 heavy (non-hydrogen) atoms. The molecule has 0 spiro atoms. The fraction of sp³-hybridized carbons (Fsp3) is 0.267. The first-order valence-electron chi connectivity index (χ1n) is 6.13. The molecule has 0 aliphatic rings. The van der Waals surface area contributed by atoms with E-state index >= 15 is 0 Å². The van der Waals surface area contributed by atoms with Crippen molar-refractivity contribution in [3.63, 3.8) is 0 Å². The SMILES string of the molecule is C=CCOC(=O)Cc1ccc(C(=O)CCC(=O)O)cc1. The second-order valence-electron chi connectivity index (χ2n) is 4.16. The highest BCUT2D eigenvalue weighted by molar-refractivity contribution is 5.97. The molecule has 0 saturated heterocycles. The topological polar surface area (TPSA) is 80.7 Å². The zero-order valence-corrected chi connectivity index (χ0v) is 11.0. The van der Waals surface area contributed by atoms with Crippen molar-refractivity contribution in [3.05, 3.63) is 48.0 Å². The lowest BCUT2D eigenvalue weighted by Crippen LogP contribution is -2.08. The Balaban J connectivity index is 2.55. The van der Waals surface area contributed by atoms with E-state index in [9.17, 15) is 14.4 Å². The van der Waals surface area contributed by atoms with E-state index in [1.807, 2.05) is 0 Å². The van der Waals surface area contributed by atoms with Gasteiger partial charge in [0, 0.05) is 12.0 Å². The Morgan fingerprint density at radius 3 is 2.35 bits per heavy atom. The van der Waals surface area contributed by atoms with Crippen LogP contribution in [-0.4, -0.2) is 29.4 Å². The second-order valence-corrected chi connectivity index (χ2v) is 4.16. The van der Waals surface area contributed by atoms with Crippen LogP contribution in [0.5, 0.6) is 0 Å². The van der Waals surface area contributed by atoms with Gasteiger partial charge in [0.1, 0.15) is 6.61 Å². The molecule has 0 fully saturated rings. The van der Waals surface area contributed by atoms with E-state index < -0.39 is 5.97 Å². The molecule has 0 aliphatic heterocycles. The van der Waals surface area contributed by atoms with Crippen molar-refractivity contribution in [2.24, 2.45) is 0 Å². The van der Waals surface area contributed by atoms with Crippen LogP contribution >= 0.6 is 0 Å². The van der Waals surface area contributed by atoms with Gasteiger partial charge in [0.25, 0.3) is 0 Å². The van der Waals surface area contributed by atoms with Gasteiger partial charge in [-0.05, 0) is 5.56 Å².